The fraction of sp³-hybridized carbons (Fsp3) is 0.231. The van der Waals surface area contributed by atoms with Crippen LogP contribution in [0.3, 0.4) is 0 Å². The number of thioether (sulfide) groups is 1. The molecular weight excluding hydrogens is 448 g/mol. The van der Waals surface area contributed by atoms with Gasteiger partial charge in [0.25, 0.3) is 0 Å². The summed E-state index contributed by atoms with van der Waals surface area (Å²) in [6, 6.07) is 18.7. The zero-order chi connectivity index (χ0) is 24.1. The normalized spacial score (nSPS) is 11.9. The second-order valence-electron chi connectivity index (χ2n) is 7.87. The molecule has 0 aliphatic rings. The Labute approximate surface area is 202 Å². The first-order valence-corrected chi connectivity index (χ1v) is 12.0. The monoisotopic (exact) mass is 474 g/mol. The number of aryl methyl sites for hydroxylation is 1. The van der Waals surface area contributed by atoms with Gasteiger partial charge in [-0.05, 0) is 62.7 Å². The van der Waals surface area contributed by atoms with E-state index in [4.69, 9.17) is 4.42 Å². The number of hydrogen-bond donors (Lipinski definition) is 1. The lowest BCUT2D eigenvalue weighted by atomic mass is 10.1. The summed E-state index contributed by atoms with van der Waals surface area (Å²) in [5, 5.41) is 11.9. The lowest BCUT2D eigenvalue weighted by molar-refractivity contribution is -0.116. The minimum atomic E-state index is -0.398. The van der Waals surface area contributed by atoms with E-state index in [9.17, 15) is 9.59 Å². The molecule has 2 heterocycles. The summed E-state index contributed by atoms with van der Waals surface area (Å²) < 4.78 is 7.42. The molecule has 1 N–H and O–H groups in total. The molecule has 1 amide bonds. The van der Waals surface area contributed by atoms with Gasteiger partial charge in [0.2, 0.25) is 5.91 Å². The highest BCUT2D eigenvalue weighted by Gasteiger charge is 2.24. The van der Waals surface area contributed by atoms with Gasteiger partial charge < -0.3 is 9.73 Å². The smallest absolute Gasteiger partial charge is 0.224 e. The van der Waals surface area contributed by atoms with Crippen LogP contribution in [0.25, 0.3) is 17.1 Å². The Morgan fingerprint density at radius 2 is 1.79 bits per heavy atom. The van der Waals surface area contributed by atoms with Crippen molar-refractivity contribution in [1.82, 2.24) is 14.8 Å². The zero-order valence-corrected chi connectivity index (χ0v) is 20.1. The molecule has 0 fully saturated rings. The average Bonchev–Trinajstić information content (AvgIpc) is 3.45. The molecule has 4 aromatic rings. The Morgan fingerprint density at radius 3 is 2.44 bits per heavy atom. The molecule has 4 rings (SSSR count). The largest absolute Gasteiger partial charge is 0.469 e. The maximum atomic E-state index is 13.1. The molecule has 2 aromatic heterocycles. The van der Waals surface area contributed by atoms with Crippen LogP contribution in [-0.2, 0) is 4.79 Å². The zero-order valence-electron chi connectivity index (χ0n) is 19.3. The van der Waals surface area contributed by atoms with Gasteiger partial charge in [-0.15, -0.1) is 10.2 Å². The Morgan fingerprint density at radius 1 is 1.06 bits per heavy atom. The molecule has 0 saturated carbocycles. The number of ketones is 1. The van der Waals surface area contributed by atoms with Crippen LogP contribution in [0.15, 0.2) is 76.5 Å². The summed E-state index contributed by atoms with van der Waals surface area (Å²) in [4.78, 5) is 24.9. The molecule has 0 saturated heterocycles. The number of anilines is 1. The number of para-hydroxylation sites is 1. The first kappa shape index (κ1) is 23.5. The molecule has 2 aromatic carbocycles. The van der Waals surface area contributed by atoms with E-state index in [1.165, 1.54) is 11.8 Å². The van der Waals surface area contributed by atoms with E-state index in [-0.39, 0.29) is 11.7 Å². The van der Waals surface area contributed by atoms with Crippen LogP contribution >= 0.6 is 11.8 Å². The predicted octanol–water partition coefficient (Wildman–Crippen LogP) is 5.94. The van der Waals surface area contributed by atoms with Crippen molar-refractivity contribution in [1.29, 1.82) is 0 Å². The summed E-state index contributed by atoms with van der Waals surface area (Å²) in [5.74, 6) is 1.35. The predicted molar refractivity (Wildman–Crippen MR) is 133 cm³/mol. The summed E-state index contributed by atoms with van der Waals surface area (Å²) in [7, 11) is 0. The van der Waals surface area contributed by atoms with Gasteiger partial charge >= 0.3 is 0 Å². The van der Waals surface area contributed by atoms with Gasteiger partial charge in [0.1, 0.15) is 5.76 Å². The van der Waals surface area contributed by atoms with Crippen LogP contribution in [0.5, 0.6) is 0 Å². The molecule has 0 bridgehead atoms. The van der Waals surface area contributed by atoms with Crippen molar-refractivity contribution in [2.24, 2.45) is 0 Å². The highest BCUT2D eigenvalue weighted by atomic mass is 32.2. The van der Waals surface area contributed by atoms with E-state index < -0.39 is 5.25 Å². The van der Waals surface area contributed by atoms with Crippen molar-refractivity contribution < 1.29 is 14.0 Å². The Kier molecular flexibility index (Phi) is 7.27. The van der Waals surface area contributed by atoms with Crippen LogP contribution in [0.2, 0.25) is 0 Å². The van der Waals surface area contributed by atoms with Crippen molar-refractivity contribution in [2.75, 3.05) is 5.32 Å². The second-order valence-corrected chi connectivity index (χ2v) is 9.18. The number of Topliss-reactive ketones (excluding diaryl/α,β-unsaturated/α-hetero) is 1. The number of nitrogens with one attached hydrogen (secondary N) is 1. The number of benzene rings is 2. The third kappa shape index (κ3) is 5.12. The molecule has 0 radical (unpaired) electrons. The van der Waals surface area contributed by atoms with Gasteiger partial charge in [-0.2, -0.15) is 0 Å². The van der Waals surface area contributed by atoms with E-state index >= 15 is 0 Å². The van der Waals surface area contributed by atoms with Crippen molar-refractivity contribution in [3.63, 3.8) is 0 Å². The molecule has 1 atom stereocenters. The van der Waals surface area contributed by atoms with Gasteiger partial charge in [-0.1, -0.05) is 36.9 Å². The number of furan rings is 1. The number of carbonyl (C=O) groups is 2. The summed E-state index contributed by atoms with van der Waals surface area (Å²) in [5.41, 5.74) is 3.00. The maximum absolute atomic E-state index is 13.1. The van der Waals surface area contributed by atoms with Crippen LogP contribution in [0.4, 0.5) is 5.69 Å². The molecule has 8 heteroatoms. The molecule has 34 heavy (non-hydrogen) atoms. The summed E-state index contributed by atoms with van der Waals surface area (Å²) in [6.07, 6.45) is 2.88. The van der Waals surface area contributed by atoms with Crippen molar-refractivity contribution in [3.05, 3.63) is 78.3 Å². The van der Waals surface area contributed by atoms with E-state index in [0.717, 1.165) is 23.4 Å². The van der Waals surface area contributed by atoms with Crippen LogP contribution in [-0.4, -0.2) is 31.7 Å². The van der Waals surface area contributed by atoms with Crippen LogP contribution in [0.1, 0.15) is 42.8 Å². The second kappa shape index (κ2) is 10.5. The van der Waals surface area contributed by atoms with Gasteiger partial charge in [-0.3, -0.25) is 14.2 Å². The SMILES string of the molecule is CCCC(=O)Nc1ccc(C(=O)[C@@H](C)Sc2nnc(-c3ccoc3C)n2-c2ccccc2)cc1. The molecular formula is C26H26N4O3S. The Balaban J connectivity index is 1.57. The van der Waals surface area contributed by atoms with Gasteiger partial charge in [-0.25, -0.2) is 0 Å². The number of aromatic nitrogens is 3. The van der Waals surface area contributed by atoms with Gasteiger partial charge in [0.15, 0.2) is 16.8 Å². The van der Waals surface area contributed by atoms with Gasteiger partial charge in [0, 0.05) is 23.4 Å². The third-order valence-electron chi connectivity index (χ3n) is 5.33. The van der Waals surface area contributed by atoms with Crippen molar-refractivity contribution in [3.8, 4) is 17.1 Å². The lowest BCUT2D eigenvalue weighted by Gasteiger charge is -2.13. The third-order valence-corrected chi connectivity index (χ3v) is 6.37. The van der Waals surface area contributed by atoms with E-state index in [1.807, 2.05) is 61.7 Å². The fourth-order valence-corrected chi connectivity index (χ4v) is 4.51. The highest BCUT2D eigenvalue weighted by molar-refractivity contribution is 8.00. The standard InChI is InChI=1S/C26H26N4O3S/c1-4-8-23(31)27-20-13-11-19(12-14-20)24(32)18(3)34-26-29-28-25(22-15-16-33-17(22)2)30(26)21-9-6-5-7-10-21/h5-7,9-16,18H,4,8H2,1-3H3,(H,27,31)/t18-/m1/s1. The van der Waals surface area contributed by atoms with Crippen molar-refractivity contribution in [2.45, 2.75) is 44.0 Å². The van der Waals surface area contributed by atoms with Crippen LogP contribution in [0, 0.1) is 6.92 Å². The molecule has 0 aliphatic heterocycles. The number of carbonyl (C=O) groups excluding carboxylic acids is 2. The Hall–Kier alpha value is -3.65. The number of nitrogens with zero attached hydrogens (tertiary/aromatic N) is 3. The molecule has 174 valence electrons. The minimum absolute atomic E-state index is 0.0277. The molecule has 7 nitrogen and oxygen atoms in total. The highest BCUT2D eigenvalue weighted by Crippen LogP contribution is 2.32. The van der Waals surface area contributed by atoms with E-state index in [2.05, 4.69) is 15.5 Å². The molecule has 0 aliphatic carbocycles. The molecule has 0 spiro atoms. The average molecular weight is 475 g/mol. The van der Waals surface area contributed by atoms with Gasteiger partial charge in [0.05, 0.1) is 17.1 Å². The van der Waals surface area contributed by atoms with E-state index in [1.54, 1.807) is 30.5 Å². The topological polar surface area (TPSA) is 90.0 Å². The quantitative estimate of drug-likeness (QED) is 0.239. The Bertz CT molecular complexity index is 1280. The number of rotatable bonds is 9. The summed E-state index contributed by atoms with van der Waals surface area (Å²) >= 11 is 1.35. The first-order valence-electron chi connectivity index (χ1n) is 11.1. The summed E-state index contributed by atoms with van der Waals surface area (Å²) in [6.45, 7) is 5.70. The fourth-order valence-electron chi connectivity index (χ4n) is 3.56. The van der Waals surface area contributed by atoms with Crippen LogP contribution < -0.4 is 5.32 Å². The maximum Gasteiger partial charge on any atom is 0.224 e. The number of amides is 1. The lowest BCUT2D eigenvalue weighted by Crippen LogP contribution is -2.15. The molecule has 0 unspecified atom stereocenters. The minimum Gasteiger partial charge on any atom is -0.469 e. The first-order chi connectivity index (χ1) is 16.5. The van der Waals surface area contributed by atoms with E-state index in [0.29, 0.717) is 28.7 Å². The van der Waals surface area contributed by atoms with Crippen molar-refractivity contribution >= 4 is 29.1 Å². The number of hydrogen-bond acceptors (Lipinski definition) is 6.